The summed E-state index contributed by atoms with van der Waals surface area (Å²) in [6.07, 6.45) is 4.47. The van der Waals surface area contributed by atoms with Crippen LogP contribution in [-0.2, 0) is 4.79 Å². The number of hydrogen-bond donors (Lipinski definition) is 3. The van der Waals surface area contributed by atoms with Crippen molar-refractivity contribution in [1.29, 1.82) is 0 Å². The highest BCUT2D eigenvalue weighted by molar-refractivity contribution is 5.75. The summed E-state index contributed by atoms with van der Waals surface area (Å²) in [6, 6.07) is 0. The van der Waals surface area contributed by atoms with Gasteiger partial charge in [0.1, 0.15) is 0 Å². The van der Waals surface area contributed by atoms with Crippen LogP contribution >= 0.6 is 0 Å². The van der Waals surface area contributed by atoms with Gasteiger partial charge in [0.15, 0.2) is 0 Å². The van der Waals surface area contributed by atoms with Crippen LogP contribution in [0.3, 0.4) is 0 Å². The number of amides is 1. The molecule has 1 atom stereocenters. The van der Waals surface area contributed by atoms with Gasteiger partial charge in [-0.2, -0.15) is 0 Å². The number of rotatable bonds is 8. The largest absolute Gasteiger partial charge is 0.396 e. The molecular weight excluding hydrogens is 240 g/mol. The predicted octanol–water partition coefficient (Wildman–Crippen LogP) is 1.67. The SMILES string of the molecule is CC(C)(C)C(CCN)CCC(=O)NCC1(CO)CC1. The first-order chi connectivity index (χ1) is 8.83. The Balaban J connectivity index is 2.27. The minimum atomic E-state index is -0.00362. The Morgan fingerprint density at radius 2 is 2.00 bits per heavy atom. The van der Waals surface area contributed by atoms with Gasteiger partial charge in [-0.05, 0) is 43.6 Å². The lowest BCUT2D eigenvalue weighted by molar-refractivity contribution is -0.121. The molecule has 4 heteroatoms. The summed E-state index contributed by atoms with van der Waals surface area (Å²) in [7, 11) is 0. The van der Waals surface area contributed by atoms with Crippen molar-refractivity contribution >= 4 is 5.91 Å². The number of nitrogens with two attached hydrogens (primary N) is 1. The number of hydrogen-bond acceptors (Lipinski definition) is 3. The van der Waals surface area contributed by atoms with E-state index >= 15 is 0 Å². The Hall–Kier alpha value is -0.610. The smallest absolute Gasteiger partial charge is 0.220 e. The zero-order chi connectivity index (χ0) is 14.5. The minimum Gasteiger partial charge on any atom is -0.396 e. The van der Waals surface area contributed by atoms with Crippen molar-refractivity contribution in [3.63, 3.8) is 0 Å². The van der Waals surface area contributed by atoms with Gasteiger partial charge in [0.05, 0.1) is 6.61 Å². The highest BCUT2D eigenvalue weighted by Crippen LogP contribution is 2.44. The van der Waals surface area contributed by atoms with Gasteiger partial charge in [-0.1, -0.05) is 20.8 Å². The molecule has 0 saturated heterocycles. The van der Waals surface area contributed by atoms with Crippen molar-refractivity contribution in [2.24, 2.45) is 22.5 Å². The Bertz CT molecular complexity index is 293. The van der Waals surface area contributed by atoms with Gasteiger partial charge in [0.2, 0.25) is 5.91 Å². The molecular formula is C15H30N2O2. The van der Waals surface area contributed by atoms with Crippen LogP contribution in [0.2, 0.25) is 0 Å². The number of nitrogens with one attached hydrogen (secondary N) is 1. The fraction of sp³-hybridized carbons (Fsp3) is 0.933. The van der Waals surface area contributed by atoms with E-state index in [1.807, 2.05) is 0 Å². The van der Waals surface area contributed by atoms with Crippen LogP contribution in [0, 0.1) is 16.7 Å². The van der Waals surface area contributed by atoms with E-state index < -0.39 is 0 Å². The maximum absolute atomic E-state index is 11.8. The average Bonchev–Trinajstić information content (AvgIpc) is 3.11. The Kier molecular flexibility index (Phi) is 5.81. The van der Waals surface area contributed by atoms with E-state index in [0.29, 0.717) is 25.4 Å². The molecule has 1 aliphatic rings. The zero-order valence-electron chi connectivity index (χ0n) is 12.7. The molecule has 1 amide bonds. The van der Waals surface area contributed by atoms with E-state index in [1.54, 1.807) is 0 Å². The Labute approximate surface area is 117 Å². The van der Waals surface area contributed by atoms with E-state index in [2.05, 4.69) is 26.1 Å². The number of carbonyl (C=O) groups is 1. The summed E-state index contributed by atoms with van der Waals surface area (Å²) < 4.78 is 0. The van der Waals surface area contributed by atoms with Crippen LogP contribution < -0.4 is 11.1 Å². The van der Waals surface area contributed by atoms with E-state index in [4.69, 9.17) is 5.73 Å². The molecule has 4 nitrogen and oxygen atoms in total. The lowest BCUT2D eigenvalue weighted by Crippen LogP contribution is -2.33. The highest BCUT2D eigenvalue weighted by Gasteiger charge is 2.42. The second-order valence-electron chi connectivity index (χ2n) is 7.11. The summed E-state index contributed by atoms with van der Waals surface area (Å²) >= 11 is 0. The summed E-state index contributed by atoms with van der Waals surface area (Å²) in [5.41, 5.74) is 5.84. The maximum Gasteiger partial charge on any atom is 0.220 e. The molecule has 0 radical (unpaired) electrons. The molecule has 0 aromatic carbocycles. The van der Waals surface area contributed by atoms with Crippen LogP contribution in [0.4, 0.5) is 0 Å². The van der Waals surface area contributed by atoms with Crippen molar-refractivity contribution in [1.82, 2.24) is 5.32 Å². The summed E-state index contributed by atoms with van der Waals surface area (Å²) in [5.74, 6) is 0.585. The van der Waals surface area contributed by atoms with Gasteiger partial charge in [-0.25, -0.2) is 0 Å². The van der Waals surface area contributed by atoms with Gasteiger partial charge in [0.25, 0.3) is 0 Å². The standard InChI is InChI=1S/C15H30N2O2/c1-14(2,3)12(6-9-16)4-5-13(19)17-10-15(11-18)7-8-15/h12,18H,4-11,16H2,1-3H3,(H,17,19). The second kappa shape index (κ2) is 6.71. The normalized spacial score (nSPS) is 19.0. The summed E-state index contributed by atoms with van der Waals surface area (Å²) in [5, 5.41) is 12.2. The van der Waals surface area contributed by atoms with E-state index in [-0.39, 0.29) is 23.3 Å². The summed E-state index contributed by atoms with van der Waals surface area (Å²) in [4.78, 5) is 11.8. The molecule has 1 rings (SSSR count). The molecule has 19 heavy (non-hydrogen) atoms. The summed E-state index contributed by atoms with van der Waals surface area (Å²) in [6.45, 7) is 8.10. The number of aliphatic hydroxyl groups is 1. The van der Waals surface area contributed by atoms with Crippen LogP contribution in [-0.4, -0.2) is 30.7 Å². The first-order valence-electron chi connectivity index (χ1n) is 7.41. The van der Waals surface area contributed by atoms with Crippen molar-refractivity contribution < 1.29 is 9.90 Å². The average molecular weight is 270 g/mol. The molecule has 0 spiro atoms. The fourth-order valence-corrected chi connectivity index (χ4v) is 2.46. The molecule has 4 N–H and O–H groups in total. The third kappa shape index (κ3) is 5.49. The van der Waals surface area contributed by atoms with Gasteiger partial charge < -0.3 is 16.2 Å². The number of carbonyl (C=O) groups excluding carboxylic acids is 1. The molecule has 1 fully saturated rings. The van der Waals surface area contributed by atoms with Crippen molar-refractivity contribution in [3.05, 3.63) is 0 Å². The van der Waals surface area contributed by atoms with Crippen molar-refractivity contribution in [2.75, 3.05) is 19.7 Å². The van der Waals surface area contributed by atoms with E-state index in [0.717, 1.165) is 25.7 Å². The van der Waals surface area contributed by atoms with Gasteiger partial charge >= 0.3 is 0 Å². The molecule has 0 aromatic heterocycles. The van der Waals surface area contributed by atoms with Crippen molar-refractivity contribution in [2.45, 2.75) is 52.9 Å². The highest BCUT2D eigenvalue weighted by atomic mass is 16.3. The third-order valence-corrected chi connectivity index (χ3v) is 4.41. The van der Waals surface area contributed by atoms with E-state index in [1.165, 1.54) is 0 Å². The molecule has 0 aliphatic heterocycles. The first-order valence-corrected chi connectivity index (χ1v) is 7.41. The quantitative estimate of drug-likeness (QED) is 0.628. The molecule has 0 aromatic rings. The lowest BCUT2D eigenvalue weighted by atomic mass is 9.76. The monoisotopic (exact) mass is 270 g/mol. The fourth-order valence-electron chi connectivity index (χ4n) is 2.46. The van der Waals surface area contributed by atoms with Crippen molar-refractivity contribution in [3.8, 4) is 0 Å². The van der Waals surface area contributed by atoms with Crippen LogP contribution in [0.5, 0.6) is 0 Å². The molecule has 0 heterocycles. The van der Waals surface area contributed by atoms with Crippen LogP contribution in [0.1, 0.15) is 52.9 Å². The van der Waals surface area contributed by atoms with Gasteiger partial charge in [-0.3, -0.25) is 4.79 Å². The maximum atomic E-state index is 11.8. The molecule has 1 aliphatic carbocycles. The predicted molar refractivity (Wildman–Crippen MR) is 77.6 cm³/mol. The Morgan fingerprint density at radius 1 is 1.37 bits per heavy atom. The zero-order valence-corrected chi connectivity index (χ0v) is 12.7. The van der Waals surface area contributed by atoms with Gasteiger partial charge in [-0.15, -0.1) is 0 Å². The molecule has 1 saturated carbocycles. The third-order valence-electron chi connectivity index (χ3n) is 4.41. The van der Waals surface area contributed by atoms with Crippen LogP contribution in [0.15, 0.2) is 0 Å². The topological polar surface area (TPSA) is 75.4 Å². The van der Waals surface area contributed by atoms with E-state index in [9.17, 15) is 9.90 Å². The number of aliphatic hydroxyl groups excluding tert-OH is 1. The minimum absolute atomic E-state index is 0.00362. The van der Waals surface area contributed by atoms with Crippen LogP contribution in [0.25, 0.3) is 0 Å². The second-order valence-corrected chi connectivity index (χ2v) is 7.11. The molecule has 0 bridgehead atoms. The van der Waals surface area contributed by atoms with Gasteiger partial charge in [0, 0.05) is 18.4 Å². The lowest BCUT2D eigenvalue weighted by Gasteiger charge is -2.30. The first kappa shape index (κ1) is 16.4. The Morgan fingerprint density at radius 3 is 2.42 bits per heavy atom. The molecule has 112 valence electrons. The molecule has 1 unspecified atom stereocenters.